The predicted octanol–water partition coefficient (Wildman–Crippen LogP) is 2.58. The number of hydrogen-bond donors (Lipinski definition) is 3. The van der Waals surface area contributed by atoms with Crippen molar-refractivity contribution in [2.45, 2.75) is 32.9 Å². The topological polar surface area (TPSA) is 105 Å². The summed E-state index contributed by atoms with van der Waals surface area (Å²) in [5, 5.41) is 14.8. The van der Waals surface area contributed by atoms with Crippen LogP contribution in [-0.2, 0) is 9.59 Å². The van der Waals surface area contributed by atoms with E-state index in [1.54, 1.807) is 31.2 Å². The maximum atomic E-state index is 12.8. The van der Waals surface area contributed by atoms with Crippen LogP contribution in [0.4, 0.5) is 5.69 Å². The van der Waals surface area contributed by atoms with Gasteiger partial charge in [0.2, 0.25) is 0 Å². The van der Waals surface area contributed by atoms with Gasteiger partial charge >= 0.3 is 5.97 Å². The summed E-state index contributed by atoms with van der Waals surface area (Å²) in [6.07, 6.45) is -0.749. The lowest BCUT2D eigenvalue weighted by atomic mass is 10.0. The molecule has 7 nitrogen and oxygen atoms in total. The van der Waals surface area contributed by atoms with Gasteiger partial charge in [-0.1, -0.05) is 35.4 Å². The molecule has 0 saturated carbocycles. The molecular formula is C20H20N2O5. The van der Waals surface area contributed by atoms with Crippen molar-refractivity contribution in [2.75, 3.05) is 5.32 Å². The smallest absolute Gasteiger partial charge is 0.330 e. The van der Waals surface area contributed by atoms with Gasteiger partial charge in [-0.05, 0) is 38.5 Å². The molecule has 7 heteroatoms. The van der Waals surface area contributed by atoms with Crippen LogP contribution in [0.3, 0.4) is 0 Å². The number of aryl methyl sites for hydroxylation is 2. The van der Waals surface area contributed by atoms with E-state index in [2.05, 4.69) is 10.6 Å². The SMILES string of the molecule is Cc1cc(C)cc(C(NC(=O)c2cccc3c2OC(C)C(=O)N3)C(=O)O)c1. The number of carboxylic acids is 1. The fourth-order valence-electron chi connectivity index (χ4n) is 3.08. The van der Waals surface area contributed by atoms with E-state index in [-0.39, 0.29) is 17.2 Å². The molecule has 0 fully saturated rings. The first kappa shape index (κ1) is 18.4. The number of carbonyl (C=O) groups excluding carboxylic acids is 2. The van der Waals surface area contributed by atoms with Gasteiger partial charge in [-0.15, -0.1) is 0 Å². The van der Waals surface area contributed by atoms with Crippen LogP contribution in [0.15, 0.2) is 36.4 Å². The molecule has 1 aliphatic rings. The Morgan fingerprint density at radius 1 is 1.19 bits per heavy atom. The number of ether oxygens (including phenoxy) is 1. The Kier molecular flexibility index (Phi) is 4.85. The molecule has 0 bridgehead atoms. The molecule has 3 rings (SSSR count). The van der Waals surface area contributed by atoms with Gasteiger partial charge in [-0.2, -0.15) is 0 Å². The van der Waals surface area contributed by atoms with E-state index in [9.17, 15) is 19.5 Å². The highest BCUT2D eigenvalue weighted by Gasteiger charge is 2.30. The average molecular weight is 368 g/mol. The standard InChI is InChI=1S/C20H20N2O5/c1-10-7-11(2)9-13(8-10)16(20(25)26)22-19(24)14-5-4-6-15-17(14)27-12(3)18(23)21-15/h4-9,12,16H,1-3H3,(H,21,23)(H,22,24)(H,25,26). The number of amides is 2. The third kappa shape index (κ3) is 3.76. The van der Waals surface area contributed by atoms with Gasteiger partial charge in [-0.25, -0.2) is 4.79 Å². The summed E-state index contributed by atoms with van der Waals surface area (Å²) in [7, 11) is 0. The zero-order valence-electron chi connectivity index (χ0n) is 15.2. The Morgan fingerprint density at radius 3 is 2.48 bits per heavy atom. The van der Waals surface area contributed by atoms with Gasteiger partial charge in [0.1, 0.15) is 0 Å². The zero-order chi connectivity index (χ0) is 19.7. The number of benzene rings is 2. The lowest BCUT2D eigenvalue weighted by molar-refractivity contribution is -0.139. The summed E-state index contributed by atoms with van der Waals surface area (Å²) in [6.45, 7) is 5.30. The minimum atomic E-state index is -1.21. The highest BCUT2D eigenvalue weighted by atomic mass is 16.5. The number of anilines is 1. The molecule has 2 atom stereocenters. The summed E-state index contributed by atoms with van der Waals surface area (Å²) in [4.78, 5) is 36.3. The largest absolute Gasteiger partial charge is 0.479 e. The second-order valence-electron chi connectivity index (χ2n) is 6.60. The quantitative estimate of drug-likeness (QED) is 0.769. The van der Waals surface area contributed by atoms with Crippen molar-refractivity contribution < 1.29 is 24.2 Å². The Balaban J connectivity index is 1.93. The summed E-state index contributed by atoms with van der Waals surface area (Å²) in [5.74, 6) is -1.84. The van der Waals surface area contributed by atoms with E-state index in [0.717, 1.165) is 11.1 Å². The molecule has 2 aromatic carbocycles. The molecule has 0 spiro atoms. The molecule has 0 radical (unpaired) electrons. The van der Waals surface area contributed by atoms with Gasteiger partial charge in [0.15, 0.2) is 17.9 Å². The van der Waals surface area contributed by atoms with Gasteiger partial charge < -0.3 is 20.5 Å². The first-order chi connectivity index (χ1) is 12.8. The van der Waals surface area contributed by atoms with Gasteiger partial charge in [0.05, 0.1) is 11.3 Å². The van der Waals surface area contributed by atoms with E-state index in [1.165, 1.54) is 6.07 Å². The van der Waals surface area contributed by atoms with E-state index in [0.29, 0.717) is 11.3 Å². The molecule has 0 aliphatic carbocycles. The molecule has 1 aliphatic heterocycles. The second kappa shape index (κ2) is 7.11. The number of aliphatic carboxylic acids is 1. The van der Waals surface area contributed by atoms with Crippen LogP contribution in [0, 0.1) is 13.8 Å². The Morgan fingerprint density at radius 2 is 1.85 bits per heavy atom. The molecule has 0 saturated heterocycles. The summed E-state index contributed by atoms with van der Waals surface area (Å²) < 4.78 is 5.56. The molecule has 140 valence electrons. The highest BCUT2D eigenvalue weighted by molar-refractivity contribution is 6.04. The number of carbonyl (C=O) groups is 3. The predicted molar refractivity (Wildman–Crippen MR) is 98.9 cm³/mol. The van der Waals surface area contributed by atoms with Gasteiger partial charge in [0.25, 0.3) is 11.8 Å². The molecule has 2 amide bonds. The van der Waals surface area contributed by atoms with E-state index < -0.39 is 24.0 Å². The Hall–Kier alpha value is -3.35. The minimum absolute atomic E-state index is 0.162. The van der Waals surface area contributed by atoms with Gasteiger partial charge in [0, 0.05) is 0 Å². The van der Waals surface area contributed by atoms with E-state index in [1.807, 2.05) is 19.9 Å². The Labute approximate surface area is 156 Å². The summed E-state index contributed by atoms with van der Waals surface area (Å²) in [5.41, 5.74) is 2.84. The van der Waals surface area contributed by atoms with Crippen molar-refractivity contribution in [3.8, 4) is 5.75 Å². The number of hydrogen-bond acceptors (Lipinski definition) is 4. The van der Waals surface area contributed by atoms with E-state index >= 15 is 0 Å². The lowest BCUT2D eigenvalue weighted by Crippen LogP contribution is -2.37. The number of fused-ring (bicyclic) bond motifs is 1. The second-order valence-corrected chi connectivity index (χ2v) is 6.60. The molecule has 3 N–H and O–H groups in total. The molecule has 1 heterocycles. The summed E-state index contributed by atoms with van der Waals surface area (Å²) in [6, 6.07) is 8.92. The maximum Gasteiger partial charge on any atom is 0.330 e. The molecule has 2 aromatic rings. The molecule has 0 aromatic heterocycles. The first-order valence-corrected chi connectivity index (χ1v) is 8.48. The average Bonchev–Trinajstić information content (AvgIpc) is 2.58. The molecule has 2 unspecified atom stereocenters. The van der Waals surface area contributed by atoms with Crippen LogP contribution in [0.1, 0.15) is 40.0 Å². The molecule has 27 heavy (non-hydrogen) atoms. The minimum Gasteiger partial charge on any atom is -0.479 e. The lowest BCUT2D eigenvalue weighted by Gasteiger charge is -2.25. The highest BCUT2D eigenvalue weighted by Crippen LogP contribution is 2.33. The fraction of sp³-hybridized carbons (Fsp3) is 0.250. The van der Waals surface area contributed by atoms with Crippen molar-refractivity contribution >= 4 is 23.5 Å². The maximum absolute atomic E-state index is 12.8. The number of rotatable bonds is 4. The molecular weight excluding hydrogens is 348 g/mol. The van der Waals surface area contributed by atoms with Gasteiger partial charge in [-0.3, -0.25) is 9.59 Å². The third-order valence-corrected chi connectivity index (χ3v) is 4.28. The van der Waals surface area contributed by atoms with Crippen LogP contribution in [-0.4, -0.2) is 29.0 Å². The van der Waals surface area contributed by atoms with Crippen LogP contribution >= 0.6 is 0 Å². The third-order valence-electron chi connectivity index (χ3n) is 4.28. The van der Waals surface area contributed by atoms with Crippen LogP contribution in [0.5, 0.6) is 5.75 Å². The van der Waals surface area contributed by atoms with Crippen LogP contribution in [0.2, 0.25) is 0 Å². The van der Waals surface area contributed by atoms with Crippen molar-refractivity contribution in [3.05, 3.63) is 58.7 Å². The monoisotopic (exact) mass is 368 g/mol. The van der Waals surface area contributed by atoms with Crippen molar-refractivity contribution in [1.82, 2.24) is 5.32 Å². The van der Waals surface area contributed by atoms with Crippen molar-refractivity contribution in [1.29, 1.82) is 0 Å². The number of nitrogens with one attached hydrogen (secondary N) is 2. The number of para-hydroxylation sites is 1. The summed E-state index contributed by atoms with van der Waals surface area (Å²) >= 11 is 0. The van der Waals surface area contributed by atoms with E-state index in [4.69, 9.17) is 4.74 Å². The number of carboxylic acid groups (broad SMARTS) is 1. The normalized spacial score (nSPS) is 16.6. The van der Waals surface area contributed by atoms with Crippen molar-refractivity contribution in [2.24, 2.45) is 0 Å². The first-order valence-electron chi connectivity index (χ1n) is 8.48. The zero-order valence-corrected chi connectivity index (χ0v) is 15.2. The van der Waals surface area contributed by atoms with Crippen molar-refractivity contribution in [3.63, 3.8) is 0 Å². The van der Waals surface area contributed by atoms with Crippen LogP contribution in [0.25, 0.3) is 0 Å². The Bertz CT molecular complexity index is 918. The fourth-order valence-corrected chi connectivity index (χ4v) is 3.08. The van der Waals surface area contributed by atoms with Crippen LogP contribution < -0.4 is 15.4 Å².